The van der Waals surface area contributed by atoms with Gasteiger partial charge in [0.2, 0.25) is 0 Å². The van der Waals surface area contributed by atoms with Crippen LogP contribution in [0.2, 0.25) is 0 Å². The number of aryl methyl sites for hydroxylation is 2. The number of nitrogens with one attached hydrogen (secondary N) is 1. The monoisotopic (exact) mass is 394 g/mol. The highest BCUT2D eigenvalue weighted by Crippen LogP contribution is 2.21. The van der Waals surface area contributed by atoms with Crippen LogP contribution in [0, 0.1) is 6.92 Å². The molecule has 0 bridgehead atoms. The molecule has 0 saturated heterocycles. The van der Waals surface area contributed by atoms with Crippen molar-refractivity contribution in [2.24, 2.45) is 5.10 Å². The average molecular weight is 395 g/mol. The first-order valence-corrected chi connectivity index (χ1v) is 9.74. The molecule has 0 spiro atoms. The van der Waals surface area contributed by atoms with Gasteiger partial charge in [-0.25, -0.2) is 10.4 Å². The van der Waals surface area contributed by atoms with Crippen LogP contribution >= 0.6 is 11.3 Å². The third-order valence-electron chi connectivity index (χ3n) is 4.02. The largest absolute Gasteiger partial charge is 0.488 e. The Labute approximate surface area is 168 Å². The van der Waals surface area contributed by atoms with Gasteiger partial charge in [-0.3, -0.25) is 4.79 Å². The van der Waals surface area contributed by atoms with Gasteiger partial charge >= 0.3 is 0 Å². The number of hydrogen-bond acceptors (Lipinski definition) is 6. The van der Waals surface area contributed by atoms with E-state index in [0.29, 0.717) is 34.5 Å². The Balaban J connectivity index is 1.66. The minimum Gasteiger partial charge on any atom is -0.488 e. The van der Waals surface area contributed by atoms with E-state index >= 15 is 0 Å². The second-order valence-corrected chi connectivity index (χ2v) is 7.23. The van der Waals surface area contributed by atoms with Crippen LogP contribution in [0.4, 0.5) is 5.13 Å². The van der Waals surface area contributed by atoms with Gasteiger partial charge in [-0.15, -0.1) is 0 Å². The number of rotatable bonds is 7. The highest BCUT2D eigenvalue weighted by molar-refractivity contribution is 7.17. The zero-order valence-corrected chi connectivity index (χ0v) is 16.6. The first-order valence-electron chi connectivity index (χ1n) is 8.92. The molecule has 2 aromatic carbocycles. The number of carbonyl (C=O) groups is 1. The zero-order chi connectivity index (χ0) is 19.9. The number of nitrogen functional groups attached to an aromatic ring is 1. The lowest BCUT2D eigenvalue weighted by Crippen LogP contribution is -2.17. The minimum atomic E-state index is -0.319. The number of carbonyl (C=O) groups excluding carboxylic acids is 1. The Morgan fingerprint density at radius 1 is 1.29 bits per heavy atom. The molecule has 3 N–H and O–H groups in total. The number of nitrogens with two attached hydrogens (primary N) is 1. The van der Waals surface area contributed by atoms with Crippen LogP contribution < -0.4 is 15.9 Å². The van der Waals surface area contributed by atoms with Gasteiger partial charge in [0, 0.05) is 5.56 Å². The van der Waals surface area contributed by atoms with Gasteiger partial charge in [-0.2, -0.15) is 5.10 Å². The molecule has 0 saturated carbocycles. The number of hydrazone groups is 1. The van der Waals surface area contributed by atoms with Crippen molar-refractivity contribution in [1.29, 1.82) is 0 Å². The fourth-order valence-corrected chi connectivity index (χ4v) is 3.49. The summed E-state index contributed by atoms with van der Waals surface area (Å²) >= 11 is 1.16. The van der Waals surface area contributed by atoms with Gasteiger partial charge in [0.05, 0.1) is 11.9 Å². The molecule has 1 heterocycles. The van der Waals surface area contributed by atoms with Crippen LogP contribution in [0.1, 0.15) is 39.0 Å². The van der Waals surface area contributed by atoms with Crippen molar-refractivity contribution in [1.82, 2.24) is 10.4 Å². The number of ether oxygens (including phenoxy) is 1. The fourth-order valence-electron chi connectivity index (χ4n) is 2.68. The van der Waals surface area contributed by atoms with Crippen molar-refractivity contribution < 1.29 is 9.53 Å². The number of thiazole rings is 1. The van der Waals surface area contributed by atoms with Crippen LogP contribution in [-0.2, 0) is 13.0 Å². The van der Waals surface area contributed by atoms with Crippen LogP contribution in [0.5, 0.6) is 5.75 Å². The van der Waals surface area contributed by atoms with Crippen LogP contribution in [0.3, 0.4) is 0 Å². The third-order valence-corrected chi connectivity index (χ3v) is 4.95. The molecule has 1 aromatic heterocycles. The lowest BCUT2D eigenvalue weighted by Gasteiger charge is -2.09. The van der Waals surface area contributed by atoms with Crippen molar-refractivity contribution >= 4 is 28.6 Å². The Morgan fingerprint density at radius 2 is 2.11 bits per heavy atom. The van der Waals surface area contributed by atoms with E-state index in [1.807, 2.05) is 56.3 Å². The predicted octanol–water partition coefficient (Wildman–Crippen LogP) is 3.94. The molecule has 0 fully saturated rings. The van der Waals surface area contributed by atoms with E-state index in [-0.39, 0.29) is 5.91 Å². The molecular weight excluding hydrogens is 372 g/mol. The topological polar surface area (TPSA) is 89.6 Å². The maximum Gasteiger partial charge on any atom is 0.283 e. The first-order chi connectivity index (χ1) is 13.6. The molecule has 0 aliphatic heterocycles. The zero-order valence-electron chi connectivity index (χ0n) is 15.8. The number of amides is 1. The summed E-state index contributed by atoms with van der Waals surface area (Å²) in [5, 5.41) is 4.44. The summed E-state index contributed by atoms with van der Waals surface area (Å²) in [4.78, 5) is 17.0. The SMILES string of the molecule is CCc1nc(N)sc1C(=O)N/N=C/c1ccccc1OCc1cccc(C)c1. The van der Waals surface area contributed by atoms with E-state index < -0.39 is 0 Å². The molecule has 6 nitrogen and oxygen atoms in total. The van der Waals surface area contributed by atoms with Crippen molar-refractivity contribution in [3.8, 4) is 5.75 Å². The quantitative estimate of drug-likeness (QED) is 0.469. The van der Waals surface area contributed by atoms with E-state index in [4.69, 9.17) is 10.5 Å². The Bertz CT molecular complexity index is 998. The maximum atomic E-state index is 12.3. The predicted molar refractivity (Wildman–Crippen MR) is 113 cm³/mol. The van der Waals surface area contributed by atoms with Crippen LogP contribution in [0.25, 0.3) is 0 Å². The number of nitrogens with zero attached hydrogens (tertiary/aromatic N) is 2. The molecule has 0 unspecified atom stereocenters. The lowest BCUT2D eigenvalue weighted by molar-refractivity contribution is 0.0958. The number of para-hydroxylation sites is 1. The first kappa shape index (κ1) is 19.6. The second-order valence-electron chi connectivity index (χ2n) is 6.20. The lowest BCUT2D eigenvalue weighted by atomic mass is 10.1. The summed E-state index contributed by atoms with van der Waals surface area (Å²) in [5.74, 6) is 0.374. The average Bonchev–Trinajstić information content (AvgIpc) is 3.08. The summed E-state index contributed by atoms with van der Waals surface area (Å²) in [5.41, 5.74) is 12.0. The van der Waals surface area contributed by atoms with Gasteiger partial charge < -0.3 is 10.5 Å². The van der Waals surface area contributed by atoms with Gasteiger partial charge in [-0.05, 0) is 31.0 Å². The molecule has 0 aliphatic carbocycles. The Morgan fingerprint density at radius 3 is 2.89 bits per heavy atom. The normalized spacial score (nSPS) is 10.9. The molecule has 3 aromatic rings. The molecule has 0 radical (unpaired) electrons. The van der Waals surface area contributed by atoms with Crippen molar-refractivity contribution in [2.45, 2.75) is 26.9 Å². The molecule has 3 rings (SSSR count). The molecule has 0 atom stereocenters. The van der Waals surface area contributed by atoms with Gasteiger partial charge in [0.1, 0.15) is 17.2 Å². The van der Waals surface area contributed by atoms with Crippen molar-refractivity contribution in [3.63, 3.8) is 0 Å². The smallest absolute Gasteiger partial charge is 0.283 e. The maximum absolute atomic E-state index is 12.3. The van der Waals surface area contributed by atoms with E-state index in [2.05, 4.69) is 21.6 Å². The fraction of sp³-hybridized carbons (Fsp3) is 0.190. The Hall–Kier alpha value is -3.19. The summed E-state index contributed by atoms with van der Waals surface area (Å²) in [6.45, 7) is 4.43. The summed E-state index contributed by atoms with van der Waals surface area (Å²) in [6.07, 6.45) is 2.20. The molecular formula is C21H22N4O2S. The number of anilines is 1. The van der Waals surface area contributed by atoms with Gasteiger partial charge in [-0.1, -0.05) is 60.2 Å². The summed E-state index contributed by atoms with van der Waals surface area (Å²) < 4.78 is 5.93. The molecule has 1 amide bonds. The standard InChI is InChI=1S/C21H22N4O2S/c1-3-17-19(28-21(22)24-17)20(26)25-23-12-16-9-4-5-10-18(16)27-13-15-8-6-7-14(2)11-15/h4-12H,3,13H2,1-2H3,(H2,22,24)(H,25,26)/b23-12+. The van der Waals surface area contributed by atoms with E-state index in [9.17, 15) is 4.79 Å². The van der Waals surface area contributed by atoms with E-state index in [1.165, 1.54) is 5.56 Å². The van der Waals surface area contributed by atoms with Gasteiger partial charge in [0.25, 0.3) is 5.91 Å². The molecule has 28 heavy (non-hydrogen) atoms. The number of hydrogen-bond donors (Lipinski definition) is 2. The Kier molecular flexibility index (Phi) is 6.39. The van der Waals surface area contributed by atoms with Gasteiger partial charge in [0.15, 0.2) is 5.13 Å². The highest BCUT2D eigenvalue weighted by atomic mass is 32.1. The number of benzene rings is 2. The van der Waals surface area contributed by atoms with E-state index in [1.54, 1.807) is 6.21 Å². The van der Waals surface area contributed by atoms with Crippen LogP contribution in [0.15, 0.2) is 53.6 Å². The van der Waals surface area contributed by atoms with Crippen LogP contribution in [-0.4, -0.2) is 17.1 Å². The van der Waals surface area contributed by atoms with E-state index in [0.717, 1.165) is 22.5 Å². The second kappa shape index (κ2) is 9.14. The molecule has 144 valence electrons. The van der Waals surface area contributed by atoms with Crippen molar-refractivity contribution in [2.75, 3.05) is 5.73 Å². The molecule has 7 heteroatoms. The summed E-state index contributed by atoms with van der Waals surface area (Å²) in [7, 11) is 0. The third kappa shape index (κ3) is 4.95. The van der Waals surface area contributed by atoms with Crippen molar-refractivity contribution in [3.05, 3.63) is 75.8 Å². The molecule has 0 aliphatic rings. The highest BCUT2D eigenvalue weighted by Gasteiger charge is 2.15. The summed E-state index contributed by atoms with van der Waals surface area (Å²) in [6, 6.07) is 15.7. The minimum absolute atomic E-state index is 0.319. The number of aromatic nitrogens is 1.